The molecule has 0 aliphatic heterocycles. The highest BCUT2D eigenvalue weighted by Crippen LogP contribution is 2.39. The molecule has 0 amide bonds. The van der Waals surface area contributed by atoms with E-state index in [-0.39, 0.29) is 0 Å². The first-order valence-electron chi connectivity index (χ1n) is 15.3. The van der Waals surface area contributed by atoms with E-state index in [1.807, 2.05) is 72.8 Å². The van der Waals surface area contributed by atoms with Crippen molar-refractivity contribution in [2.75, 3.05) is 0 Å². The molecule has 9 rings (SSSR count). The van der Waals surface area contributed by atoms with Gasteiger partial charge in [-0.15, -0.1) is 0 Å². The van der Waals surface area contributed by atoms with E-state index in [2.05, 4.69) is 94.1 Å². The Balaban J connectivity index is 1.42. The fourth-order valence-electron chi connectivity index (χ4n) is 6.31. The molecular formula is C40H26N6. The lowest BCUT2D eigenvalue weighted by molar-refractivity contribution is 0.954. The normalized spacial score (nSPS) is 11.5. The van der Waals surface area contributed by atoms with E-state index in [0.717, 1.165) is 61.0 Å². The van der Waals surface area contributed by atoms with Crippen LogP contribution in [0.15, 0.2) is 158 Å². The van der Waals surface area contributed by atoms with Crippen LogP contribution in [0.25, 0.3) is 78.6 Å². The highest BCUT2D eigenvalue weighted by atomic mass is 15.2. The highest BCUT2D eigenvalue weighted by Gasteiger charge is 2.23. The summed E-state index contributed by atoms with van der Waals surface area (Å²) < 4.78 is 4.40. The van der Waals surface area contributed by atoms with Gasteiger partial charge in [-0.2, -0.15) is 9.97 Å². The van der Waals surface area contributed by atoms with E-state index in [1.165, 1.54) is 0 Å². The number of hydrogen-bond donors (Lipinski definition) is 0. The molecular weight excluding hydrogens is 564 g/mol. The number of hydrogen-bond acceptors (Lipinski definition) is 4. The first-order valence-corrected chi connectivity index (χ1v) is 15.3. The van der Waals surface area contributed by atoms with Crippen molar-refractivity contribution in [1.29, 1.82) is 0 Å². The molecule has 3 aromatic heterocycles. The molecule has 0 saturated carbocycles. The maximum absolute atomic E-state index is 5.40. The lowest BCUT2D eigenvalue weighted by Gasteiger charge is -2.11. The average molecular weight is 591 g/mol. The van der Waals surface area contributed by atoms with E-state index in [1.54, 1.807) is 0 Å². The fraction of sp³-hybridized carbons (Fsp3) is 0. The lowest BCUT2D eigenvalue weighted by atomic mass is 10.1. The summed E-state index contributed by atoms with van der Waals surface area (Å²) in [6, 6.07) is 53.7. The Bertz CT molecular complexity index is 2440. The van der Waals surface area contributed by atoms with E-state index in [0.29, 0.717) is 17.6 Å². The van der Waals surface area contributed by atoms with Gasteiger partial charge in [0.15, 0.2) is 11.6 Å². The molecule has 0 saturated heterocycles. The SMILES string of the molecule is c1ccc(-c2nc(-c3ccccc3)nc(-n3c4ccccc4c4ccc5c(nc(-c6ccccc6)n5-c5ccccc5)c43)n2)cc1. The summed E-state index contributed by atoms with van der Waals surface area (Å²) in [5.41, 5.74) is 7.77. The van der Waals surface area contributed by atoms with Gasteiger partial charge in [0.2, 0.25) is 5.95 Å². The van der Waals surface area contributed by atoms with Crippen molar-refractivity contribution in [2.45, 2.75) is 0 Å². The van der Waals surface area contributed by atoms with Crippen molar-refractivity contribution < 1.29 is 0 Å². The number of para-hydroxylation sites is 2. The minimum Gasteiger partial charge on any atom is -0.292 e. The predicted octanol–water partition coefficient (Wildman–Crippen LogP) is 9.31. The third-order valence-corrected chi connectivity index (χ3v) is 8.39. The third kappa shape index (κ3) is 4.19. The van der Waals surface area contributed by atoms with Crippen LogP contribution in [0.3, 0.4) is 0 Å². The van der Waals surface area contributed by atoms with E-state index < -0.39 is 0 Å². The van der Waals surface area contributed by atoms with E-state index >= 15 is 0 Å². The molecule has 0 atom stereocenters. The summed E-state index contributed by atoms with van der Waals surface area (Å²) in [5, 5.41) is 2.20. The van der Waals surface area contributed by atoms with Crippen molar-refractivity contribution in [1.82, 2.24) is 29.1 Å². The summed E-state index contributed by atoms with van der Waals surface area (Å²) in [7, 11) is 0. The summed E-state index contributed by atoms with van der Waals surface area (Å²) in [6.45, 7) is 0. The second kappa shape index (κ2) is 10.6. The largest absolute Gasteiger partial charge is 0.292 e. The third-order valence-electron chi connectivity index (χ3n) is 8.39. The predicted molar refractivity (Wildman–Crippen MR) is 185 cm³/mol. The summed E-state index contributed by atoms with van der Waals surface area (Å²) >= 11 is 0. The average Bonchev–Trinajstić information content (AvgIpc) is 3.70. The number of benzene rings is 6. The van der Waals surface area contributed by atoms with Crippen molar-refractivity contribution in [3.05, 3.63) is 158 Å². The Morgan fingerprint density at radius 1 is 0.370 bits per heavy atom. The van der Waals surface area contributed by atoms with Crippen LogP contribution in [0.5, 0.6) is 0 Å². The molecule has 0 aliphatic carbocycles. The highest BCUT2D eigenvalue weighted by molar-refractivity contribution is 6.17. The molecule has 0 spiro atoms. The van der Waals surface area contributed by atoms with Gasteiger partial charge in [0, 0.05) is 33.2 Å². The quantitative estimate of drug-likeness (QED) is 0.200. The topological polar surface area (TPSA) is 61.4 Å². The molecule has 0 fully saturated rings. The van der Waals surface area contributed by atoms with Gasteiger partial charge >= 0.3 is 0 Å². The van der Waals surface area contributed by atoms with Crippen molar-refractivity contribution in [3.8, 4) is 45.8 Å². The molecule has 6 heteroatoms. The monoisotopic (exact) mass is 590 g/mol. The van der Waals surface area contributed by atoms with Crippen LogP contribution in [-0.2, 0) is 0 Å². The fourth-order valence-corrected chi connectivity index (χ4v) is 6.31. The molecule has 3 heterocycles. The van der Waals surface area contributed by atoms with Crippen LogP contribution in [0.2, 0.25) is 0 Å². The number of nitrogens with zero attached hydrogens (tertiary/aromatic N) is 6. The zero-order valence-corrected chi connectivity index (χ0v) is 24.7. The smallest absolute Gasteiger partial charge is 0.238 e. The molecule has 0 N–H and O–H groups in total. The molecule has 0 unspecified atom stereocenters. The minimum absolute atomic E-state index is 0.543. The molecule has 6 aromatic carbocycles. The van der Waals surface area contributed by atoms with Gasteiger partial charge in [-0.25, -0.2) is 9.97 Å². The number of aromatic nitrogens is 6. The van der Waals surface area contributed by atoms with Crippen molar-refractivity contribution in [3.63, 3.8) is 0 Å². The van der Waals surface area contributed by atoms with Gasteiger partial charge in [0.25, 0.3) is 0 Å². The maximum Gasteiger partial charge on any atom is 0.238 e. The van der Waals surface area contributed by atoms with Crippen LogP contribution < -0.4 is 0 Å². The second-order valence-corrected chi connectivity index (χ2v) is 11.2. The van der Waals surface area contributed by atoms with E-state index in [9.17, 15) is 0 Å². The van der Waals surface area contributed by atoms with Crippen molar-refractivity contribution in [2.24, 2.45) is 0 Å². The molecule has 6 nitrogen and oxygen atoms in total. The van der Waals surface area contributed by atoms with Gasteiger partial charge in [-0.1, -0.05) is 127 Å². The molecule has 216 valence electrons. The molecule has 0 bridgehead atoms. The van der Waals surface area contributed by atoms with Gasteiger partial charge in [-0.3, -0.25) is 9.13 Å². The Labute approximate surface area is 264 Å². The molecule has 0 radical (unpaired) electrons. The first-order chi connectivity index (χ1) is 22.8. The molecule has 0 aliphatic rings. The van der Waals surface area contributed by atoms with E-state index in [4.69, 9.17) is 19.9 Å². The number of fused-ring (bicyclic) bond motifs is 5. The Hall–Kier alpha value is -6.40. The van der Waals surface area contributed by atoms with Crippen LogP contribution >= 0.6 is 0 Å². The standard InChI is InChI=1S/C40H26N6/c1-5-15-27(16-6-1)37-42-38(28-17-7-2-8-18-28)44-40(43-37)46-33-24-14-13-23-31(33)32-25-26-34-35(36(32)46)41-39(29-19-9-3-10-20-29)45(34)30-21-11-4-12-22-30/h1-26H. The summed E-state index contributed by atoms with van der Waals surface area (Å²) in [4.78, 5) is 20.6. The summed E-state index contributed by atoms with van der Waals surface area (Å²) in [6.07, 6.45) is 0. The van der Waals surface area contributed by atoms with Gasteiger partial charge in [0.1, 0.15) is 11.3 Å². The lowest BCUT2D eigenvalue weighted by Crippen LogP contribution is -2.06. The maximum atomic E-state index is 5.40. The van der Waals surface area contributed by atoms with Gasteiger partial charge in [0.05, 0.1) is 16.6 Å². The van der Waals surface area contributed by atoms with Crippen LogP contribution in [-0.4, -0.2) is 29.1 Å². The number of rotatable bonds is 5. The Kier molecular flexibility index (Phi) is 6.03. The molecule has 9 aromatic rings. The zero-order valence-electron chi connectivity index (χ0n) is 24.7. The Morgan fingerprint density at radius 3 is 1.54 bits per heavy atom. The molecule has 46 heavy (non-hydrogen) atoms. The van der Waals surface area contributed by atoms with Gasteiger partial charge in [-0.05, 0) is 30.3 Å². The first kappa shape index (κ1) is 26.0. The van der Waals surface area contributed by atoms with Crippen molar-refractivity contribution >= 4 is 32.8 Å². The Morgan fingerprint density at radius 2 is 0.913 bits per heavy atom. The van der Waals surface area contributed by atoms with Gasteiger partial charge < -0.3 is 0 Å². The zero-order chi connectivity index (χ0) is 30.5. The van der Waals surface area contributed by atoms with Crippen LogP contribution in [0.1, 0.15) is 0 Å². The minimum atomic E-state index is 0.543. The number of imidazole rings is 1. The summed E-state index contributed by atoms with van der Waals surface area (Å²) in [5.74, 6) is 2.64. The van der Waals surface area contributed by atoms with Crippen LogP contribution in [0.4, 0.5) is 0 Å². The second-order valence-electron chi connectivity index (χ2n) is 11.2. The van der Waals surface area contributed by atoms with Crippen LogP contribution in [0, 0.1) is 0 Å².